The molecule has 3 rings (SSSR count). The molecule has 1 saturated heterocycles. The fourth-order valence-corrected chi connectivity index (χ4v) is 3.66. The van der Waals surface area contributed by atoms with Crippen molar-refractivity contribution in [2.24, 2.45) is 0 Å². The van der Waals surface area contributed by atoms with Crippen molar-refractivity contribution in [3.8, 4) is 0 Å². The number of hydrogen-bond donors (Lipinski definition) is 1. The van der Waals surface area contributed by atoms with Gasteiger partial charge in [0.2, 0.25) is 5.91 Å². The van der Waals surface area contributed by atoms with Crippen LogP contribution in [0.1, 0.15) is 18.1 Å². The average molecular weight is 381 g/mol. The zero-order chi connectivity index (χ0) is 19.9. The smallest absolute Gasteiger partial charge is 0.238 e. The van der Waals surface area contributed by atoms with Gasteiger partial charge in [-0.15, -0.1) is 0 Å². The Labute approximate surface area is 168 Å². The summed E-state index contributed by atoms with van der Waals surface area (Å²) in [5.41, 5.74) is 4.59. The molecule has 0 saturated carbocycles. The first-order chi connectivity index (χ1) is 13.5. The maximum absolute atomic E-state index is 12.4. The highest BCUT2D eigenvalue weighted by molar-refractivity contribution is 5.92. The third-order valence-electron chi connectivity index (χ3n) is 5.45. The number of amides is 1. The van der Waals surface area contributed by atoms with Gasteiger partial charge in [0.15, 0.2) is 0 Å². The van der Waals surface area contributed by atoms with E-state index in [1.807, 2.05) is 36.2 Å². The normalized spacial score (nSPS) is 15.1. The van der Waals surface area contributed by atoms with E-state index >= 15 is 0 Å². The minimum Gasteiger partial charge on any atom is -0.369 e. The Morgan fingerprint density at radius 1 is 1.04 bits per heavy atom. The molecule has 1 amide bonds. The molecule has 1 N–H and O–H groups in total. The van der Waals surface area contributed by atoms with E-state index in [1.54, 1.807) is 0 Å². The second kappa shape index (κ2) is 9.71. The number of carbonyl (C=O) groups excluding carboxylic acids is 1. The molecule has 0 radical (unpaired) electrons. The minimum absolute atomic E-state index is 0.0143. The van der Waals surface area contributed by atoms with E-state index in [0.29, 0.717) is 6.54 Å². The fraction of sp³-hybridized carbons (Fsp3) is 0.435. The molecule has 0 bridgehead atoms. The SMILES string of the molecule is CCN1CCN(c2ccc(NC(=O)CN(C)Cc3ccccc3C)cc2)CC1. The lowest BCUT2D eigenvalue weighted by Gasteiger charge is -2.35. The van der Waals surface area contributed by atoms with Crippen molar-refractivity contribution >= 4 is 17.3 Å². The molecular weight excluding hydrogens is 348 g/mol. The summed E-state index contributed by atoms with van der Waals surface area (Å²) in [6.45, 7) is 10.9. The molecule has 0 aromatic heterocycles. The van der Waals surface area contributed by atoms with Crippen molar-refractivity contribution < 1.29 is 4.79 Å². The number of piperazine rings is 1. The first-order valence-corrected chi connectivity index (χ1v) is 10.2. The number of carbonyl (C=O) groups is 1. The maximum Gasteiger partial charge on any atom is 0.238 e. The van der Waals surface area contributed by atoms with Crippen LogP contribution in [0.4, 0.5) is 11.4 Å². The Bertz CT molecular complexity index is 766. The second-order valence-corrected chi connectivity index (χ2v) is 7.62. The zero-order valence-electron chi connectivity index (χ0n) is 17.3. The third-order valence-corrected chi connectivity index (χ3v) is 5.45. The van der Waals surface area contributed by atoms with Gasteiger partial charge in [-0.05, 0) is 55.9 Å². The van der Waals surface area contributed by atoms with Crippen LogP contribution < -0.4 is 10.2 Å². The molecule has 0 unspecified atom stereocenters. The highest BCUT2D eigenvalue weighted by Crippen LogP contribution is 2.19. The van der Waals surface area contributed by atoms with Crippen LogP contribution in [-0.4, -0.2) is 62.0 Å². The largest absolute Gasteiger partial charge is 0.369 e. The number of nitrogens with one attached hydrogen (secondary N) is 1. The van der Waals surface area contributed by atoms with Gasteiger partial charge in [-0.3, -0.25) is 9.69 Å². The van der Waals surface area contributed by atoms with Gasteiger partial charge in [-0.1, -0.05) is 31.2 Å². The molecule has 1 fully saturated rings. The van der Waals surface area contributed by atoms with Crippen LogP contribution in [-0.2, 0) is 11.3 Å². The molecule has 0 spiro atoms. The van der Waals surface area contributed by atoms with Crippen molar-refractivity contribution in [1.29, 1.82) is 0 Å². The van der Waals surface area contributed by atoms with Gasteiger partial charge in [0.1, 0.15) is 0 Å². The van der Waals surface area contributed by atoms with Crippen LogP contribution in [0.15, 0.2) is 48.5 Å². The quantitative estimate of drug-likeness (QED) is 0.801. The lowest BCUT2D eigenvalue weighted by molar-refractivity contribution is -0.117. The number of aryl methyl sites for hydroxylation is 1. The Morgan fingerprint density at radius 3 is 2.36 bits per heavy atom. The average Bonchev–Trinajstić information content (AvgIpc) is 2.70. The topological polar surface area (TPSA) is 38.8 Å². The summed E-state index contributed by atoms with van der Waals surface area (Å²) in [5, 5.41) is 3.01. The van der Waals surface area contributed by atoms with E-state index in [0.717, 1.165) is 45.0 Å². The molecule has 5 heteroatoms. The number of likely N-dealkylation sites (N-methyl/N-ethyl adjacent to an activating group) is 2. The maximum atomic E-state index is 12.4. The van der Waals surface area contributed by atoms with E-state index in [9.17, 15) is 4.79 Å². The summed E-state index contributed by atoms with van der Waals surface area (Å²) in [6.07, 6.45) is 0. The van der Waals surface area contributed by atoms with Gasteiger partial charge in [-0.2, -0.15) is 0 Å². The van der Waals surface area contributed by atoms with E-state index in [2.05, 4.69) is 53.2 Å². The molecule has 28 heavy (non-hydrogen) atoms. The second-order valence-electron chi connectivity index (χ2n) is 7.62. The van der Waals surface area contributed by atoms with Crippen LogP contribution in [0.25, 0.3) is 0 Å². The van der Waals surface area contributed by atoms with Crippen molar-refractivity contribution in [2.75, 3.05) is 56.5 Å². The molecule has 0 atom stereocenters. The minimum atomic E-state index is 0.0143. The molecule has 2 aromatic carbocycles. The van der Waals surface area contributed by atoms with Crippen LogP contribution >= 0.6 is 0 Å². The van der Waals surface area contributed by atoms with E-state index < -0.39 is 0 Å². The molecular formula is C23H32N4O. The molecule has 0 aliphatic carbocycles. The monoisotopic (exact) mass is 380 g/mol. The first kappa shape index (κ1) is 20.4. The zero-order valence-corrected chi connectivity index (χ0v) is 17.3. The number of hydrogen-bond acceptors (Lipinski definition) is 4. The Balaban J connectivity index is 1.48. The van der Waals surface area contributed by atoms with Crippen molar-refractivity contribution in [3.05, 3.63) is 59.7 Å². The highest BCUT2D eigenvalue weighted by Gasteiger charge is 2.16. The predicted molar refractivity (Wildman–Crippen MR) is 117 cm³/mol. The summed E-state index contributed by atoms with van der Waals surface area (Å²) >= 11 is 0. The van der Waals surface area contributed by atoms with Crippen LogP contribution in [0.5, 0.6) is 0 Å². The van der Waals surface area contributed by atoms with Gasteiger partial charge >= 0.3 is 0 Å². The van der Waals surface area contributed by atoms with Crippen LogP contribution in [0.2, 0.25) is 0 Å². The predicted octanol–water partition coefficient (Wildman–Crippen LogP) is 3.21. The van der Waals surface area contributed by atoms with Crippen molar-refractivity contribution in [3.63, 3.8) is 0 Å². The molecule has 1 aliphatic heterocycles. The molecule has 1 aliphatic rings. The summed E-state index contributed by atoms with van der Waals surface area (Å²) in [5.74, 6) is 0.0143. The van der Waals surface area contributed by atoms with Gasteiger partial charge in [0.05, 0.1) is 6.54 Å². The van der Waals surface area contributed by atoms with Gasteiger partial charge < -0.3 is 15.1 Å². The van der Waals surface area contributed by atoms with E-state index in [4.69, 9.17) is 0 Å². The fourth-order valence-electron chi connectivity index (χ4n) is 3.66. The summed E-state index contributed by atoms with van der Waals surface area (Å²) < 4.78 is 0. The Kier molecular flexibility index (Phi) is 7.06. The molecule has 5 nitrogen and oxygen atoms in total. The Hall–Kier alpha value is -2.37. The van der Waals surface area contributed by atoms with Crippen molar-refractivity contribution in [1.82, 2.24) is 9.80 Å². The number of nitrogens with zero attached hydrogens (tertiary/aromatic N) is 3. The van der Waals surface area contributed by atoms with Crippen LogP contribution in [0, 0.1) is 6.92 Å². The summed E-state index contributed by atoms with van der Waals surface area (Å²) in [7, 11) is 1.98. The standard InChI is InChI=1S/C23H32N4O/c1-4-26-13-15-27(16-14-26)22-11-9-21(10-12-22)24-23(28)18-25(3)17-20-8-6-5-7-19(20)2/h5-12H,4,13-18H2,1-3H3,(H,24,28). The molecule has 150 valence electrons. The first-order valence-electron chi connectivity index (χ1n) is 10.2. The van der Waals surface area contributed by atoms with Gasteiger partial charge in [0, 0.05) is 44.1 Å². The lowest BCUT2D eigenvalue weighted by Crippen LogP contribution is -2.46. The number of anilines is 2. The molecule has 2 aromatic rings. The highest BCUT2D eigenvalue weighted by atomic mass is 16.2. The molecule has 1 heterocycles. The van der Waals surface area contributed by atoms with E-state index in [-0.39, 0.29) is 5.91 Å². The number of rotatable bonds is 7. The van der Waals surface area contributed by atoms with Crippen LogP contribution in [0.3, 0.4) is 0 Å². The van der Waals surface area contributed by atoms with Gasteiger partial charge in [-0.25, -0.2) is 0 Å². The van der Waals surface area contributed by atoms with Crippen molar-refractivity contribution in [2.45, 2.75) is 20.4 Å². The van der Waals surface area contributed by atoms with Gasteiger partial charge in [0.25, 0.3) is 0 Å². The summed E-state index contributed by atoms with van der Waals surface area (Å²) in [4.78, 5) is 19.3. The summed E-state index contributed by atoms with van der Waals surface area (Å²) in [6, 6.07) is 16.5. The lowest BCUT2D eigenvalue weighted by atomic mass is 10.1. The van der Waals surface area contributed by atoms with E-state index in [1.165, 1.54) is 16.8 Å². The number of benzene rings is 2. The third kappa shape index (κ3) is 5.57. The Morgan fingerprint density at radius 2 is 1.71 bits per heavy atom.